The van der Waals surface area contributed by atoms with Crippen molar-refractivity contribution in [3.8, 4) is 0 Å². The molecule has 0 saturated carbocycles. The molecule has 0 saturated heterocycles. The fourth-order valence-corrected chi connectivity index (χ4v) is 5.70. The number of halogens is 1. The summed E-state index contributed by atoms with van der Waals surface area (Å²) in [7, 11) is -3.83. The molecule has 0 fully saturated rings. The molecule has 0 amide bonds. The van der Waals surface area contributed by atoms with E-state index < -0.39 is 10.0 Å². The van der Waals surface area contributed by atoms with Crippen molar-refractivity contribution in [2.45, 2.75) is 50.1 Å². The van der Waals surface area contributed by atoms with Crippen LogP contribution in [0.5, 0.6) is 0 Å². The maximum absolute atomic E-state index is 13.8. The Balaban J connectivity index is 1.93. The first-order valence-electron chi connectivity index (χ1n) is 11.4. The summed E-state index contributed by atoms with van der Waals surface area (Å²) in [5.41, 5.74) is 2.29. The maximum Gasteiger partial charge on any atom is 0.243 e. The summed E-state index contributed by atoms with van der Waals surface area (Å²) in [5, 5.41) is 9.38. The summed E-state index contributed by atoms with van der Waals surface area (Å²) in [6, 6.07) is 22.5. The van der Waals surface area contributed by atoms with Crippen LogP contribution in [-0.4, -0.2) is 30.2 Å². The van der Waals surface area contributed by atoms with E-state index >= 15 is 0 Å². The van der Waals surface area contributed by atoms with E-state index in [1.54, 1.807) is 36.4 Å². The van der Waals surface area contributed by atoms with E-state index in [1.165, 1.54) is 16.4 Å². The van der Waals surface area contributed by atoms with Crippen LogP contribution in [0.3, 0.4) is 0 Å². The van der Waals surface area contributed by atoms with Gasteiger partial charge in [0.2, 0.25) is 10.0 Å². The van der Waals surface area contributed by atoms with Gasteiger partial charge in [0.05, 0.1) is 10.9 Å². The van der Waals surface area contributed by atoms with Gasteiger partial charge in [0, 0.05) is 30.2 Å². The highest BCUT2D eigenvalue weighted by atomic mass is 35.5. The van der Waals surface area contributed by atoms with Crippen LogP contribution in [0.4, 0.5) is 0 Å². The predicted molar refractivity (Wildman–Crippen MR) is 135 cm³/mol. The molecule has 0 heterocycles. The Morgan fingerprint density at radius 1 is 0.941 bits per heavy atom. The number of sulfonamides is 1. The molecule has 3 rings (SSSR count). The van der Waals surface area contributed by atoms with Crippen molar-refractivity contribution in [3.63, 3.8) is 0 Å². The Bertz CT molecular complexity index is 1160. The lowest BCUT2D eigenvalue weighted by Crippen LogP contribution is -2.34. The van der Waals surface area contributed by atoms with Crippen LogP contribution in [0.2, 0.25) is 5.02 Å². The lowest BCUT2D eigenvalue weighted by Gasteiger charge is -2.31. The first-order valence-corrected chi connectivity index (χ1v) is 13.2. The summed E-state index contributed by atoms with van der Waals surface area (Å²) < 4.78 is 29.0. The topological polar surface area (TPSA) is 74.7 Å². The van der Waals surface area contributed by atoms with Crippen molar-refractivity contribution >= 4 is 27.4 Å². The van der Waals surface area contributed by atoms with E-state index in [-0.39, 0.29) is 29.9 Å². The molecule has 0 aliphatic carbocycles. The molecule has 0 bridgehead atoms. The normalized spacial score (nSPS) is 12.6. The smallest absolute Gasteiger partial charge is 0.243 e. The number of carbonyl (C=O) groups excluding carboxylic acids is 1. The molecule has 0 spiro atoms. The summed E-state index contributed by atoms with van der Waals surface area (Å²) in [6.07, 6.45) is 2.21. The molecular weight excluding hydrogens is 470 g/mol. The number of unbranched alkanes of at least 4 members (excludes halogenated alkanes) is 1. The van der Waals surface area contributed by atoms with Crippen LogP contribution in [0.25, 0.3) is 0 Å². The molecule has 3 aromatic rings. The number of benzene rings is 3. The molecule has 34 heavy (non-hydrogen) atoms. The van der Waals surface area contributed by atoms with Gasteiger partial charge in [0.25, 0.3) is 0 Å². The number of hydrogen-bond donors (Lipinski definition) is 1. The molecule has 0 aliphatic rings. The van der Waals surface area contributed by atoms with Crippen LogP contribution in [0, 0.1) is 0 Å². The van der Waals surface area contributed by atoms with E-state index in [9.17, 15) is 13.2 Å². The first-order chi connectivity index (χ1) is 16.4. The average Bonchev–Trinajstić information content (AvgIpc) is 2.85. The Labute approximate surface area is 207 Å². The van der Waals surface area contributed by atoms with Gasteiger partial charge in [-0.15, -0.1) is 0 Å². The van der Waals surface area contributed by atoms with Crippen LogP contribution >= 0.6 is 11.6 Å². The van der Waals surface area contributed by atoms with Gasteiger partial charge in [-0.2, -0.15) is 4.31 Å². The highest BCUT2D eigenvalue weighted by molar-refractivity contribution is 7.89. The van der Waals surface area contributed by atoms with Gasteiger partial charge in [-0.3, -0.25) is 4.79 Å². The number of nitrogens with zero attached hydrogens (tertiary/aromatic N) is 1. The second-order valence-corrected chi connectivity index (χ2v) is 10.5. The quantitative estimate of drug-likeness (QED) is 0.244. The van der Waals surface area contributed by atoms with Gasteiger partial charge in [-0.25, -0.2) is 8.42 Å². The predicted octanol–water partition coefficient (Wildman–Crippen LogP) is 6.03. The second kappa shape index (κ2) is 12.3. The van der Waals surface area contributed by atoms with Gasteiger partial charge in [0.15, 0.2) is 5.78 Å². The molecule has 0 radical (unpaired) electrons. The Morgan fingerprint density at radius 3 is 2.18 bits per heavy atom. The standard InChI is InChI=1S/C27H30ClNO4S/c1-2-26(22-8-4-3-5-9-22)29(34(32,33)25-17-15-24(28)16-18-25)20-21-11-13-23(14-12-21)27(31)10-6-7-19-30/h3-5,8-9,11-18,26,30H,2,6-7,10,19-20H2,1H3. The number of aliphatic hydroxyl groups excluding tert-OH is 1. The fraction of sp³-hybridized carbons (Fsp3) is 0.296. The molecule has 5 nitrogen and oxygen atoms in total. The number of hydrogen-bond acceptors (Lipinski definition) is 4. The van der Waals surface area contributed by atoms with Crippen molar-refractivity contribution in [2.75, 3.05) is 6.61 Å². The zero-order valence-electron chi connectivity index (χ0n) is 19.2. The lowest BCUT2D eigenvalue weighted by molar-refractivity contribution is 0.0977. The largest absolute Gasteiger partial charge is 0.396 e. The minimum absolute atomic E-state index is 0.0152. The number of Topliss-reactive ketones (excluding diaryl/α,β-unsaturated/α-hetero) is 1. The van der Waals surface area contributed by atoms with Crippen molar-refractivity contribution < 1.29 is 18.3 Å². The lowest BCUT2D eigenvalue weighted by atomic mass is 10.0. The van der Waals surface area contributed by atoms with E-state index in [2.05, 4.69) is 0 Å². The highest BCUT2D eigenvalue weighted by Crippen LogP contribution is 2.32. The van der Waals surface area contributed by atoms with Gasteiger partial charge in [0.1, 0.15) is 0 Å². The summed E-state index contributed by atoms with van der Waals surface area (Å²) in [5.74, 6) is 0.0152. The number of aliphatic hydroxyl groups is 1. The summed E-state index contributed by atoms with van der Waals surface area (Å²) in [4.78, 5) is 12.5. The molecule has 0 aliphatic heterocycles. The van der Waals surface area contributed by atoms with E-state index in [4.69, 9.17) is 16.7 Å². The number of ketones is 1. The van der Waals surface area contributed by atoms with E-state index in [0.717, 1.165) is 11.1 Å². The van der Waals surface area contributed by atoms with Crippen molar-refractivity contribution in [2.24, 2.45) is 0 Å². The van der Waals surface area contributed by atoms with Gasteiger partial charge in [-0.1, -0.05) is 73.1 Å². The third-order valence-electron chi connectivity index (χ3n) is 5.77. The Kier molecular flexibility index (Phi) is 9.42. The second-order valence-electron chi connectivity index (χ2n) is 8.14. The maximum atomic E-state index is 13.8. The van der Waals surface area contributed by atoms with Gasteiger partial charge >= 0.3 is 0 Å². The molecular formula is C27H30ClNO4S. The van der Waals surface area contributed by atoms with Crippen LogP contribution in [0.15, 0.2) is 83.8 Å². The van der Waals surface area contributed by atoms with Crippen LogP contribution in [0.1, 0.15) is 60.1 Å². The molecule has 7 heteroatoms. The zero-order valence-corrected chi connectivity index (χ0v) is 20.8. The van der Waals surface area contributed by atoms with E-state index in [1.807, 2.05) is 37.3 Å². The van der Waals surface area contributed by atoms with Crippen molar-refractivity contribution in [3.05, 3.63) is 101 Å². The monoisotopic (exact) mass is 499 g/mol. The van der Waals surface area contributed by atoms with Crippen molar-refractivity contribution in [1.29, 1.82) is 0 Å². The number of carbonyl (C=O) groups is 1. The average molecular weight is 500 g/mol. The molecule has 180 valence electrons. The third kappa shape index (κ3) is 6.54. The zero-order chi connectivity index (χ0) is 24.6. The molecule has 1 N–H and O–H groups in total. The minimum Gasteiger partial charge on any atom is -0.396 e. The first kappa shape index (κ1) is 26.1. The minimum atomic E-state index is -3.83. The highest BCUT2D eigenvalue weighted by Gasteiger charge is 2.31. The third-order valence-corrected chi connectivity index (χ3v) is 7.89. The summed E-state index contributed by atoms with van der Waals surface area (Å²) >= 11 is 5.99. The molecule has 3 aromatic carbocycles. The molecule has 1 unspecified atom stereocenters. The fourth-order valence-electron chi connectivity index (χ4n) is 3.90. The van der Waals surface area contributed by atoms with Crippen LogP contribution < -0.4 is 0 Å². The number of rotatable bonds is 12. The van der Waals surface area contributed by atoms with Crippen molar-refractivity contribution in [1.82, 2.24) is 4.31 Å². The van der Waals surface area contributed by atoms with E-state index in [0.29, 0.717) is 36.3 Å². The van der Waals surface area contributed by atoms with Gasteiger partial charge < -0.3 is 5.11 Å². The Hall–Kier alpha value is -2.51. The Morgan fingerprint density at radius 2 is 1.59 bits per heavy atom. The SMILES string of the molecule is CCC(c1ccccc1)N(Cc1ccc(C(=O)CCCCO)cc1)S(=O)(=O)c1ccc(Cl)cc1. The van der Waals surface area contributed by atoms with Crippen LogP contribution in [-0.2, 0) is 16.6 Å². The molecule has 0 aromatic heterocycles. The van der Waals surface area contributed by atoms with Gasteiger partial charge in [-0.05, 0) is 54.7 Å². The molecule has 1 atom stereocenters. The summed E-state index contributed by atoms with van der Waals surface area (Å²) in [6.45, 7) is 2.21.